The maximum atomic E-state index is 11.9. The lowest BCUT2D eigenvalue weighted by atomic mass is 10.2. The van der Waals surface area contributed by atoms with E-state index in [1.54, 1.807) is 0 Å². The predicted molar refractivity (Wildman–Crippen MR) is 72.9 cm³/mol. The molecule has 0 heterocycles. The van der Waals surface area contributed by atoms with Crippen LogP contribution < -0.4 is 4.72 Å². The number of sulfonamides is 1. The first-order valence-electron chi connectivity index (χ1n) is 5.37. The number of methoxy groups -OCH3 is 1. The summed E-state index contributed by atoms with van der Waals surface area (Å²) in [5, 5.41) is 8.46. The molecule has 0 fully saturated rings. The van der Waals surface area contributed by atoms with Gasteiger partial charge in [-0.15, -0.1) is 0 Å². The number of aliphatic carboxylic acids is 1. The van der Waals surface area contributed by atoms with Crippen LogP contribution in [0.25, 0.3) is 0 Å². The minimum atomic E-state index is -3.85. The van der Waals surface area contributed by atoms with Gasteiger partial charge in [-0.1, -0.05) is 0 Å². The SMILES string of the molecule is COC(=O)c1ccc(S(=O)(=O)NCCC(=O)O)c(Br)c1. The van der Waals surface area contributed by atoms with Crippen molar-refractivity contribution in [2.24, 2.45) is 0 Å². The lowest BCUT2D eigenvalue weighted by Crippen LogP contribution is -2.26. The van der Waals surface area contributed by atoms with Crippen LogP contribution in [0.1, 0.15) is 16.8 Å². The summed E-state index contributed by atoms with van der Waals surface area (Å²) in [4.78, 5) is 21.6. The van der Waals surface area contributed by atoms with Gasteiger partial charge in [0.15, 0.2) is 0 Å². The molecule has 0 spiro atoms. The third kappa shape index (κ3) is 4.29. The van der Waals surface area contributed by atoms with E-state index in [0.717, 1.165) is 0 Å². The molecular formula is C11H12BrNO6S. The fourth-order valence-corrected chi connectivity index (χ4v) is 3.44. The molecule has 0 saturated carbocycles. The molecule has 0 unspecified atom stereocenters. The van der Waals surface area contributed by atoms with Crippen LogP contribution in [-0.4, -0.2) is 39.1 Å². The van der Waals surface area contributed by atoms with Crippen LogP contribution in [0.2, 0.25) is 0 Å². The number of nitrogens with one attached hydrogen (secondary N) is 1. The van der Waals surface area contributed by atoms with Crippen molar-refractivity contribution in [1.82, 2.24) is 4.72 Å². The number of carbonyl (C=O) groups is 2. The van der Waals surface area contributed by atoms with E-state index in [1.807, 2.05) is 0 Å². The molecule has 0 saturated heterocycles. The Kier molecular flexibility index (Phi) is 5.66. The van der Waals surface area contributed by atoms with Crippen LogP contribution in [-0.2, 0) is 19.6 Å². The Labute approximate surface area is 124 Å². The molecule has 110 valence electrons. The van der Waals surface area contributed by atoms with Crippen molar-refractivity contribution in [1.29, 1.82) is 0 Å². The number of hydrogen-bond donors (Lipinski definition) is 2. The first-order valence-corrected chi connectivity index (χ1v) is 7.65. The highest BCUT2D eigenvalue weighted by Crippen LogP contribution is 2.23. The van der Waals surface area contributed by atoms with Gasteiger partial charge in [-0.2, -0.15) is 0 Å². The summed E-state index contributed by atoms with van der Waals surface area (Å²) in [6.07, 6.45) is -0.322. The molecule has 0 aromatic heterocycles. The summed E-state index contributed by atoms with van der Waals surface area (Å²) < 4.78 is 30.7. The first kappa shape index (κ1) is 16.6. The first-order chi connectivity index (χ1) is 9.27. The molecule has 7 nitrogen and oxygen atoms in total. The van der Waals surface area contributed by atoms with Crippen molar-refractivity contribution >= 4 is 37.9 Å². The second kappa shape index (κ2) is 6.82. The maximum absolute atomic E-state index is 11.9. The van der Waals surface area contributed by atoms with E-state index in [2.05, 4.69) is 25.4 Å². The van der Waals surface area contributed by atoms with Gasteiger partial charge in [-0.3, -0.25) is 4.79 Å². The van der Waals surface area contributed by atoms with Crippen LogP contribution in [0.3, 0.4) is 0 Å². The van der Waals surface area contributed by atoms with Crippen molar-refractivity contribution in [3.05, 3.63) is 28.2 Å². The van der Waals surface area contributed by atoms with Crippen molar-refractivity contribution < 1.29 is 27.9 Å². The molecule has 0 bridgehead atoms. The summed E-state index contributed by atoms with van der Waals surface area (Å²) in [5.74, 6) is -1.69. The minimum Gasteiger partial charge on any atom is -0.481 e. The molecule has 1 aromatic carbocycles. The van der Waals surface area contributed by atoms with Gasteiger partial charge in [0.25, 0.3) is 0 Å². The van der Waals surface area contributed by atoms with Crippen LogP contribution in [0.15, 0.2) is 27.6 Å². The molecule has 0 aliphatic rings. The maximum Gasteiger partial charge on any atom is 0.337 e. The van der Waals surface area contributed by atoms with Gasteiger partial charge < -0.3 is 9.84 Å². The number of carbonyl (C=O) groups excluding carboxylic acids is 1. The van der Waals surface area contributed by atoms with Gasteiger partial charge in [-0.25, -0.2) is 17.9 Å². The number of hydrogen-bond acceptors (Lipinski definition) is 5. The van der Waals surface area contributed by atoms with Crippen molar-refractivity contribution in [2.45, 2.75) is 11.3 Å². The second-order valence-corrected chi connectivity index (χ2v) is 6.27. The van der Waals surface area contributed by atoms with Gasteiger partial charge in [0, 0.05) is 11.0 Å². The van der Waals surface area contributed by atoms with Crippen LogP contribution in [0.4, 0.5) is 0 Å². The monoisotopic (exact) mass is 365 g/mol. The van der Waals surface area contributed by atoms with E-state index in [4.69, 9.17) is 5.11 Å². The Hall–Kier alpha value is -1.45. The largest absolute Gasteiger partial charge is 0.481 e. The number of rotatable bonds is 6. The zero-order chi connectivity index (χ0) is 15.3. The molecular weight excluding hydrogens is 354 g/mol. The average molecular weight is 366 g/mol. The Morgan fingerprint density at radius 3 is 2.55 bits per heavy atom. The highest BCUT2D eigenvalue weighted by Gasteiger charge is 2.19. The highest BCUT2D eigenvalue weighted by atomic mass is 79.9. The summed E-state index contributed by atoms with van der Waals surface area (Å²) in [7, 11) is -2.63. The number of benzene rings is 1. The van der Waals surface area contributed by atoms with Crippen molar-refractivity contribution in [3.8, 4) is 0 Å². The molecule has 1 aromatic rings. The lowest BCUT2D eigenvalue weighted by molar-refractivity contribution is -0.136. The summed E-state index contributed by atoms with van der Waals surface area (Å²) in [6.45, 7) is -0.219. The fraction of sp³-hybridized carbons (Fsp3) is 0.273. The molecule has 20 heavy (non-hydrogen) atoms. The van der Waals surface area contributed by atoms with Crippen LogP contribution >= 0.6 is 15.9 Å². The summed E-state index contributed by atoms with van der Waals surface area (Å²) >= 11 is 3.06. The van der Waals surface area contributed by atoms with Crippen LogP contribution in [0.5, 0.6) is 0 Å². The van der Waals surface area contributed by atoms with E-state index < -0.39 is 22.0 Å². The fourth-order valence-electron chi connectivity index (χ4n) is 1.33. The quantitative estimate of drug-likeness (QED) is 0.727. The number of carboxylic acids is 1. The molecule has 0 aliphatic heterocycles. The third-order valence-corrected chi connectivity index (χ3v) is 4.71. The third-order valence-electron chi connectivity index (χ3n) is 2.27. The molecule has 2 N–H and O–H groups in total. The summed E-state index contributed by atoms with van der Waals surface area (Å²) in [5.41, 5.74) is 0.198. The molecule has 9 heteroatoms. The van der Waals surface area contributed by atoms with Crippen molar-refractivity contribution in [2.75, 3.05) is 13.7 Å². The van der Waals surface area contributed by atoms with E-state index in [-0.39, 0.29) is 27.9 Å². The number of carboxylic acid groups (broad SMARTS) is 1. The Bertz CT molecular complexity index is 628. The highest BCUT2D eigenvalue weighted by molar-refractivity contribution is 9.10. The molecule has 0 atom stereocenters. The molecule has 0 aliphatic carbocycles. The summed E-state index contributed by atoms with van der Waals surface area (Å²) in [6, 6.07) is 3.86. The van der Waals surface area contributed by atoms with Gasteiger partial charge in [0.1, 0.15) is 0 Å². The van der Waals surface area contributed by atoms with Gasteiger partial charge in [0.2, 0.25) is 10.0 Å². The van der Waals surface area contributed by atoms with E-state index in [0.29, 0.717) is 0 Å². The average Bonchev–Trinajstić information content (AvgIpc) is 2.36. The Morgan fingerprint density at radius 2 is 2.05 bits per heavy atom. The zero-order valence-corrected chi connectivity index (χ0v) is 12.8. The number of ether oxygens (including phenoxy) is 1. The van der Waals surface area contributed by atoms with E-state index in [1.165, 1.54) is 25.3 Å². The zero-order valence-electron chi connectivity index (χ0n) is 10.4. The Morgan fingerprint density at radius 1 is 1.40 bits per heavy atom. The normalized spacial score (nSPS) is 11.1. The topological polar surface area (TPSA) is 110 Å². The van der Waals surface area contributed by atoms with E-state index in [9.17, 15) is 18.0 Å². The van der Waals surface area contributed by atoms with Gasteiger partial charge in [0.05, 0.1) is 24.0 Å². The second-order valence-electron chi connectivity index (χ2n) is 3.68. The van der Waals surface area contributed by atoms with Gasteiger partial charge >= 0.3 is 11.9 Å². The number of halogens is 1. The lowest BCUT2D eigenvalue weighted by Gasteiger charge is -2.08. The van der Waals surface area contributed by atoms with Gasteiger partial charge in [-0.05, 0) is 34.1 Å². The molecule has 0 amide bonds. The minimum absolute atomic E-state index is 0.0875. The predicted octanol–water partition coefficient (Wildman–Crippen LogP) is 0.989. The molecule has 1 rings (SSSR count). The van der Waals surface area contributed by atoms with Crippen LogP contribution in [0, 0.1) is 0 Å². The Balaban J connectivity index is 2.96. The van der Waals surface area contributed by atoms with Crippen molar-refractivity contribution in [3.63, 3.8) is 0 Å². The molecule has 0 radical (unpaired) electrons. The smallest absolute Gasteiger partial charge is 0.337 e. The number of esters is 1. The van der Waals surface area contributed by atoms with E-state index >= 15 is 0 Å². The standard InChI is InChI=1S/C11H12BrNO6S/c1-19-11(16)7-2-3-9(8(12)6-7)20(17,18)13-5-4-10(14)15/h2-3,6,13H,4-5H2,1H3,(H,14,15).